The third-order valence-electron chi connectivity index (χ3n) is 3.59. The van der Waals surface area contributed by atoms with Crippen molar-refractivity contribution < 1.29 is 14.7 Å². The van der Waals surface area contributed by atoms with Crippen LogP contribution in [0.1, 0.15) is 23.2 Å². The Labute approximate surface area is 115 Å². The number of aliphatic hydroxyl groups is 1. The number of hydrogen-bond acceptors (Lipinski definition) is 4. The number of hydrogen-bond donors (Lipinski definition) is 2. The lowest BCUT2D eigenvalue weighted by Gasteiger charge is -2.32. The molecule has 2 aliphatic rings. The fraction of sp³-hybridized carbons (Fsp3) is 0.385. The zero-order valence-electron chi connectivity index (χ0n) is 10.1. The van der Waals surface area contributed by atoms with E-state index in [0.717, 1.165) is 5.69 Å². The topological polar surface area (TPSA) is 69.6 Å². The average molecular weight is 281 g/mol. The predicted octanol–water partition coefficient (Wildman–Crippen LogP) is 1.44. The van der Waals surface area contributed by atoms with Crippen LogP contribution >= 0.6 is 11.6 Å². The lowest BCUT2D eigenvalue weighted by Crippen LogP contribution is -2.35. The van der Waals surface area contributed by atoms with Crippen molar-refractivity contribution in [1.29, 1.82) is 0 Å². The molecule has 0 aromatic heterocycles. The van der Waals surface area contributed by atoms with Gasteiger partial charge >= 0.3 is 0 Å². The van der Waals surface area contributed by atoms with Crippen molar-refractivity contribution in [1.82, 2.24) is 0 Å². The first-order valence-corrected chi connectivity index (χ1v) is 6.56. The fourth-order valence-electron chi connectivity index (χ4n) is 2.50. The maximum atomic E-state index is 11.6. The van der Waals surface area contributed by atoms with Crippen molar-refractivity contribution in [2.75, 3.05) is 23.3 Å². The summed E-state index contributed by atoms with van der Waals surface area (Å²) in [4.78, 5) is 24.9. The van der Waals surface area contributed by atoms with Crippen LogP contribution in [0.3, 0.4) is 0 Å². The van der Waals surface area contributed by atoms with Crippen LogP contribution in [-0.4, -0.2) is 36.0 Å². The summed E-state index contributed by atoms with van der Waals surface area (Å²) >= 11 is 6.20. The second kappa shape index (κ2) is 4.51. The molecule has 1 fully saturated rings. The molecule has 0 saturated carbocycles. The predicted molar refractivity (Wildman–Crippen MR) is 71.9 cm³/mol. The van der Waals surface area contributed by atoms with Crippen molar-refractivity contribution in [3.8, 4) is 0 Å². The van der Waals surface area contributed by atoms with Crippen molar-refractivity contribution in [3.63, 3.8) is 0 Å². The van der Waals surface area contributed by atoms with Gasteiger partial charge < -0.3 is 15.3 Å². The monoisotopic (exact) mass is 280 g/mol. The Bertz CT molecular complexity index is 565. The number of anilines is 2. The van der Waals surface area contributed by atoms with Gasteiger partial charge in [0, 0.05) is 13.1 Å². The van der Waals surface area contributed by atoms with Gasteiger partial charge in [0.2, 0.25) is 0 Å². The van der Waals surface area contributed by atoms with Crippen LogP contribution in [0.2, 0.25) is 5.02 Å². The second-order valence-electron chi connectivity index (χ2n) is 4.85. The molecule has 0 bridgehead atoms. The van der Waals surface area contributed by atoms with E-state index >= 15 is 0 Å². The van der Waals surface area contributed by atoms with Gasteiger partial charge in [-0.05, 0) is 25.0 Å². The van der Waals surface area contributed by atoms with E-state index in [0.29, 0.717) is 42.2 Å². The second-order valence-corrected chi connectivity index (χ2v) is 5.26. The van der Waals surface area contributed by atoms with Gasteiger partial charge in [0.05, 0.1) is 28.1 Å². The number of benzene rings is 1. The molecule has 0 unspecified atom stereocenters. The summed E-state index contributed by atoms with van der Waals surface area (Å²) < 4.78 is 0. The largest absolute Gasteiger partial charge is 0.393 e. The number of carbonyl (C=O) groups is 2. The summed E-state index contributed by atoms with van der Waals surface area (Å²) in [5.74, 6) is -1.16. The zero-order valence-corrected chi connectivity index (χ0v) is 10.9. The molecule has 2 N–H and O–H groups in total. The standard InChI is InChI=1S/C13H13ClN2O3/c14-9-5-8-10(15-13(19)12(8)18)6-11(9)16-3-1-7(17)2-4-16/h5-7,17H,1-4H2,(H,15,18,19). The molecule has 0 aliphatic carbocycles. The Morgan fingerprint density at radius 2 is 1.95 bits per heavy atom. The van der Waals surface area contributed by atoms with Gasteiger partial charge in [-0.15, -0.1) is 0 Å². The van der Waals surface area contributed by atoms with Gasteiger partial charge in [0.15, 0.2) is 0 Å². The van der Waals surface area contributed by atoms with Crippen molar-refractivity contribution in [2.24, 2.45) is 0 Å². The van der Waals surface area contributed by atoms with E-state index in [4.69, 9.17) is 11.6 Å². The van der Waals surface area contributed by atoms with E-state index in [1.165, 1.54) is 6.07 Å². The summed E-state index contributed by atoms with van der Waals surface area (Å²) in [7, 11) is 0. The molecule has 19 heavy (non-hydrogen) atoms. The third kappa shape index (κ3) is 2.09. The Hall–Kier alpha value is -1.59. The molecule has 1 aromatic carbocycles. The maximum Gasteiger partial charge on any atom is 0.296 e. The Morgan fingerprint density at radius 1 is 1.26 bits per heavy atom. The number of aliphatic hydroxyl groups excluding tert-OH is 1. The Kier molecular flexibility index (Phi) is 2.95. The highest BCUT2D eigenvalue weighted by atomic mass is 35.5. The number of ketones is 1. The van der Waals surface area contributed by atoms with Crippen LogP contribution in [0, 0.1) is 0 Å². The third-order valence-corrected chi connectivity index (χ3v) is 3.89. The molecule has 1 saturated heterocycles. The van der Waals surface area contributed by atoms with Gasteiger partial charge in [0.25, 0.3) is 11.7 Å². The van der Waals surface area contributed by atoms with Crippen molar-refractivity contribution in [3.05, 3.63) is 22.7 Å². The number of nitrogens with one attached hydrogen (secondary N) is 1. The van der Waals surface area contributed by atoms with E-state index < -0.39 is 11.7 Å². The molecule has 100 valence electrons. The Morgan fingerprint density at radius 3 is 2.63 bits per heavy atom. The first kappa shape index (κ1) is 12.4. The average Bonchev–Trinajstić information content (AvgIpc) is 2.66. The summed E-state index contributed by atoms with van der Waals surface area (Å²) in [5, 5.41) is 12.5. The maximum absolute atomic E-state index is 11.6. The molecular weight excluding hydrogens is 268 g/mol. The molecule has 2 heterocycles. The molecule has 1 amide bonds. The lowest BCUT2D eigenvalue weighted by molar-refractivity contribution is -0.112. The number of rotatable bonds is 1. The highest BCUT2D eigenvalue weighted by molar-refractivity contribution is 6.52. The van der Waals surface area contributed by atoms with E-state index in [-0.39, 0.29) is 6.10 Å². The number of carbonyl (C=O) groups excluding carboxylic acids is 2. The highest BCUT2D eigenvalue weighted by Gasteiger charge is 2.30. The highest BCUT2D eigenvalue weighted by Crippen LogP contribution is 2.36. The van der Waals surface area contributed by atoms with Gasteiger partial charge in [-0.2, -0.15) is 0 Å². The van der Waals surface area contributed by atoms with E-state index in [1.54, 1.807) is 6.07 Å². The first-order valence-electron chi connectivity index (χ1n) is 6.18. The SMILES string of the molecule is O=C1Nc2cc(N3CCC(O)CC3)c(Cl)cc2C1=O. The number of piperidine rings is 1. The molecular formula is C13H13ClN2O3. The van der Waals surface area contributed by atoms with Gasteiger partial charge in [-0.3, -0.25) is 9.59 Å². The summed E-state index contributed by atoms with van der Waals surface area (Å²) in [6.45, 7) is 1.42. The van der Waals surface area contributed by atoms with E-state index in [2.05, 4.69) is 10.2 Å². The number of fused-ring (bicyclic) bond motifs is 1. The van der Waals surface area contributed by atoms with Gasteiger partial charge in [-0.1, -0.05) is 11.6 Å². The number of nitrogens with zero attached hydrogens (tertiary/aromatic N) is 1. The van der Waals surface area contributed by atoms with Crippen LogP contribution < -0.4 is 10.2 Å². The summed E-state index contributed by atoms with van der Waals surface area (Å²) in [5.41, 5.74) is 1.64. The zero-order chi connectivity index (χ0) is 13.6. The molecule has 5 nitrogen and oxygen atoms in total. The lowest BCUT2D eigenvalue weighted by atomic mass is 10.1. The summed E-state index contributed by atoms with van der Waals surface area (Å²) in [6.07, 6.45) is 1.13. The minimum absolute atomic E-state index is 0.259. The van der Waals surface area contributed by atoms with E-state index in [9.17, 15) is 14.7 Å². The molecule has 2 aliphatic heterocycles. The first-order chi connectivity index (χ1) is 9.06. The van der Waals surface area contributed by atoms with Crippen LogP contribution in [-0.2, 0) is 4.79 Å². The van der Waals surface area contributed by atoms with Crippen LogP contribution in [0.4, 0.5) is 11.4 Å². The molecule has 0 radical (unpaired) electrons. The smallest absolute Gasteiger partial charge is 0.296 e. The minimum Gasteiger partial charge on any atom is -0.393 e. The summed E-state index contributed by atoms with van der Waals surface area (Å²) in [6, 6.07) is 3.27. The quantitative estimate of drug-likeness (QED) is 0.764. The van der Waals surface area contributed by atoms with Gasteiger partial charge in [0.1, 0.15) is 0 Å². The van der Waals surface area contributed by atoms with Crippen LogP contribution in [0.25, 0.3) is 0 Å². The molecule has 1 aromatic rings. The molecule has 0 atom stereocenters. The Balaban J connectivity index is 1.94. The van der Waals surface area contributed by atoms with Crippen LogP contribution in [0.5, 0.6) is 0 Å². The van der Waals surface area contributed by atoms with E-state index in [1.807, 2.05) is 0 Å². The fourth-order valence-corrected chi connectivity index (χ4v) is 2.79. The minimum atomic E-state index is -0.614. The van der Waals surface area contributed by atoms with Crippen molar-refractivity contribution >= 4 is 34.7 Å². The number of Topliss-reactive ketones (excluding diaryl/α,β-unsaturated/α-hetero) is 1. The molecule has 0 spiro atoms. The van der Waals surface area contributed by atoms with Gasteiger partial charge in [-0.25, -0.2) is 0 Å². The molecule has 6 heteroatoms. The number of halogens is 1. The molecule has 3 rings (SSSR count). The van der Waals surface area contributed by atoms with Crippen LogP contribution in [0.15, 0.2) is 12.1 Å². The normalized spacial score (nSPS) is 19.6. The number of amides is 1. The van der Waals surface area contributed by atoms with Crippen molar-refractivity contribution in [2.45, 2.75) is 18.9 Å².